The number of aromatic nitrogens is 2. The van der Waals surface area contributed by atoms with Gasteiger partial charge in [-0.1, -0.05) is 6.07 Å². The molecule has 22 heavy (non-hydrogen) atoms. The number of rotatable bonds is 3. The first-order chi connectivity index (χ1) is 10.6. The van der Waals surface area contributed by atoms with Crippen molar-refractivity contribution in [1.82, 2.24) is 9.38 Å². The maximum Gasteiger partial charge on any atom is 0.272 e. The second-order valence-electron chi connectivity index (χ2n) is 4.69. The lowest BCUT2D eigenvalue weighted by atomic mass is 10.2. The van der Waals surface area contributed by atoms with Gasteiger partial charge < -0.3 is 4.74 Å². The summed E-state index contributed by atoms with van der Waals surface area (Å²) in [6, 6.07) is 8.71. The fourth-order valence-electron chi connectivity index (χ4n) is 2.09. The molecule has 110 valence electrons. The van der Waals surface area contributed by atoms with Gasteiger partial charge in [0, 0.05) is 6.20 Å². The van der Waals surface area contributed by atoms with Crippen molar-refractivity contribution in [2.24, 2.45) is 0 Å². The second-order valence-corrected chi connectivity index (χ2v) is 4.69. The normalized spacial score (nSPS) is 10.6. The van der Waals surface area contributed by atoms with Gasteiger partial charge in [0.05, 0.1) is 0 Å². The van der Waals surface area contributed by atoms with Crippen LogP contribution in [-0.4, -0.2) is 15.7 Å². The van der Waals surface area contributed by atoms with Crippen molar-refractivity contribution in [3.8, 4) is 11.6 Å². The monoisotopic (exact) mass is 298 g/mol. The van der Waals surface area contributed by atoms with Gasteiger partial charge in [-0.05, 0) is 42.8 Å². The van der Waals surface area contributed by atoms with Gasteiger partial charge in [0.2, 0.25) is 5.88 Å². The Kier molecular flexibility index (Phi) is 3.42. The van der Waals surface area contributed by atoms with Gasteiger partial charge >= 0.3 is 0 Å². The van der Waals surface area contributed by atoms with Crippen LogP contribution in [0.25, 0.3) is 5.65 Å². The number of fused-ring (bicyclic) bond motifs is 1. The van der Waals surface area contributed by atoms with E-state index in [1.54, 1.807) is 19.1 Å². The van der Waals surface area contributed by atoms with E-state index in [9.17, 15) is 14.0 Å². The number of aldehydes is 1. The fourth-order valence-corrected chi connectivity index (χ4v) is 2.09. The molecule has 0 aliphatic heterocycles. The summed E-state index contributed by atoms with van der Waals surface area (Å²) in [6.07, 6.45) is 1.94. The Balaban J connectivity index is 2.20. The van der Waals surface area contributed by atoms with Crippen LogP contribution < -0.4 is 10.3 Å². The van der Waals surface area contributed by atoms with E-state index in [-0.39, 0.29) is 17.2 Å². The van der Waals surface area contributed by atoms with Crippen molar-refractivity contribution in [1.29, 1.82) is 0 Å². The van der Waals surface area contributed by atoms with Crippen LogP contribution in [0.1, 0.15) is 15.9 Å². The predicted octanol–water partition coefficient (Wildman–Crippen LogP) is 2.75. The van der Waals surface area contributed by atoms with Crippen LogP contribution >= 0.6 is 0 Å². The number of hydrogen-bond donors (Lipinski definition) is 0. The molecule has 6 heteroatoms. The minimum atomic E-state index is -0.513. The molecule has 2 heterocycles. The number of ether oxygens (including phenoxy) is 1. The molecule has 0 N–H and O–H groups in total. The van der Waals surface area contributed by atoms with Crippen LogP contribution in [0.5, 0.6) is 11.6 Å². The third-order valence-electron chi connectivity index (χ3n) is 3.20. The lowest BCUT2D eigenvalue weighted by Gasteiger charge is -2.10. The molecule has 0 bridgehead atoms. The standard InChI is InChI=1S/C16H11FN2O3/c1-10-3-2-8-19-14(10)18-15(13(9-20)16(19)21)22-12-6-4-11(17)5-7-12/h2-9H,1H3. The highest BCUT2D eigenvalue weighted by Crippen LogP contribution is 2.22. The third kappa shape index (κ3) is 2.35. The molecule has 0 aliphatic rings. The molecular formula is C16H11FN2O3. The van der Waals surface area contributed by atoms with Gasteiger partial charge in [-0.2, -0.15) is 4.98 Å². The van der Waals surface area contributed by atoms with Crippen molar-refractivity contribution in [3.05, 3.63) is 69.9 Å². The van der Waals surface area contributed by atoms with Crippen molar-refractivity contribution < 1.29 is 13.9 Å². The molecule has 0 saturated heterocycles. The Morgan fingerprint density at radius 3 is 2.64 bits per heavy atom. The maximum absolute atomic E-state index is 12.9. The van der Waals surface area contributed by atoms with Crippen molar-refractivity contribution in [3.63, 3.8) is 0 Å². The molecule has 0 atom stereocenters. The van der Waals surface area contributed by atoms with E-state index >= 15 is 0 Å². The van der Waals surface area contributed by atoms with Crippen molar-refractivity contribution >= 4 is 11.9 Å². The summed E-state index contributed by atoms with van der Waals surface area (Å²) >= 11 is 0. The Bertz CT molecular complexity index is 917. The molecule has 0 amide bonds. The molecule has 0 radical (unpaired) electrons. The molecule has 0 aliphatic carbocycles. The van der Waals surface area contributed by atoms with E-state index < -0.39 is 11.4 Å². The summed E-state index contributed by atoms with van der Waals surface area (Å²) < 4.78 is 19.7. The number of halogens is 1. The van der Waals surface area contributed by atoms with Crippen molar-refractivity contribution in [2.75, 3.05) is 0 Å². The first kappa shape index (κ1) is 13.9. The van der Waals surface area contributed by atoms with Crippen LogP contribution in [0.2, 0.25) is 0 Å². The molecule has 2 aromatic heterocycles. The van der Waals surface area contributed by atoms with E-state index in [0.29, 0.717) is 11.9 Å². The number of carbonyl (C=O) groups is 1. The van der Waals surface area contributed by atoms with Crippen LogP contribution in [0.15, 0.2) is 47.4 Å². The fraction of sp³-hybridized carbons (Fsp3) is 0.0625. The minimum absolute atomic E-state index is 0.0964. The summed E-state index contributed by atoms with van der Waals surface area (Å²) in [7, 11) is 0. The van der Waals surface area contributed by atoms with Gasteiger partial charge in [0.25, 0.3) is 5.56 Å². The van der Waals surface area contributed by atoms with Gasteiger partial charge in [-0.25, -0.2) is 4.39 Å². The first-order valence-corrected chi connectivity index (χ1v) is 6.51. The topological polar surface area (TPSA) is 60.7 Å². The number of nitrogens with zero attached hydrogens (tertiary/aromatic N) is 2. The molecule has 3 aromatic rings. The van der Waals surface area contributed by atoms with E-state index in [1.165, 1.54) is 34.9 Å². The quantitative estimate of drug-likeness (QED) is 0.698. The maximum atomic E-state index is 12.9. The highest BCUT2D eigenvalue weighted by molar-refractivity contribution is 5.78. The first-order valence-electron chi connectivity index (χ1n) is 6.51. The van der Waals surface area contributed by atoms with Crippen LogP contribution in [0, 0.1) is 12.7 Å². The summed E-state index contributed by atoms with van der Waals surface area (Å²) in [6.45, 7) is 1.80. The molecule has 1 aromatic carbocycles. The van der Waals surface area contributed by atoms with E-state index in [0.717, 1.165) is 5.56 Å². The van der Waals surface area contributed by atoms with E-state index in [4.69, 9.17) is 4.74 Å². The zero-order valence-corrected chi connectivity index (χ0v) is 11.6. The number of carbonyl (C=O) groups excluding carboxylic acids is 1. The lowest BCUT2D eigenvalue weighted by molar-refractivity contribution is 0.111. The summed E-state index contributed by atoms with van der Waals surface area (Å²) in [5.74, 6) is -0.222. The average molecular weight is 298 g/mol. The Hall–Kier alpha value is -3.02. The number of pyridine rings is 1. The van der Waals surface area contributed by atoms with E-state index in [2.05, 4.69) is 4.98 Å². The molecule has 5 nitrogen and oxygen atoms in total. The highest BCUT2D eigenvalue weighted by Gasteiger charge is 2.15. The number of benzene rings is 1. The van der Waals surface area contributed by atoms with Gasteiger partial charge in [-0.3, -0.25) is 14.0 Å². The average Bonchev–Trinajstić information content (AvgIpc) is 2.51. The Morgan fingerprint density at radius 1 is 1.23 bits per heavy atom. The van der Waals surface area contributed by atoms with Crippen LogP contribution in [0.3, 0.4) is 0 Å². The summed E-state index contributed by atoms with van der Waals surface area (Å²) in [4.78, 5) is 27.8. The molecule has 0 spiro atoms. The second kappa shape index (κ2) is 5.40. The molecular weight excluding hydrogens is 287 g/mol. The summed E-state index contributed by atoms with van der Waals surface area (Å²) in [5, 5.41) is 0. The third-order valence-corrected chi connectivity index (χ3v) is 3.20. The van der Waals surface area contributed by atoms with Crippen molar-refractivity contribution in [2.45, 2.75) is 6.92 Å². The Labute approximate surface area is 124 Å². The molecule has 0 fully saturated rings. The smallest absolute Gasteiger partial charge is 0.272 e. The largest absolute Gasteiger partial charge is 0.438 e. The SMILES string of the molecule is Cc1cccn2c(=O)c(C=O)c(Oc3ccc(F)cc3)nc12. The number of hydrogen-bond acceptors (Lipinski definition) is 4. The summed E-state index contributed by atoms with van der Waals surface area (Å²) in [5.41, 5.74) is 0.462. The van der Waals surface area contributed by atoms with Crippen LogP contribution in [-0.2, 0) is 0 Å². The van der Waals surface area contributed by atoms with Gasteiger partial charge in [-0.15, -0.1) is 0 Å². The van der Waals surface area contributed by atoms with Gasteiger partial charge in [0.1, 0.15) is 22.8 Å². The van der Waals surface area contributed by atoms with Gasteiger partial charge in [0.15, 0.2) is 6.29 Å². The zero-order valence-electron chi connectivity index (χ0n) is 11.6. The molecule has 0 unspecified atom stereocenters. The Morgan fingerprint density at radius 2 is 1.95 bits per heavy atom. The molecule has 0 saturated carbocycles. The predicted molar refractivity (Wildman–Crippen MR) is 78.1 cm³/mol. The highest BCUT2D eigenvalue weighted by atomic mass is 19.1. The zero-order chi connectivity index (χ0) is 15.7. The van der Waals surface area contributed by atoms with Crippen LogP contribution in [0.4, 0.5) is 4.39 Å². The number of aryl methyl sites for hydroxylation is 1. The molecule has 3 rings (SSSR count). The lowest BCUT2D eigenvalue weighted by Crippen LogP contribution is -2.21. The minimum Gasteiger partial charge on any atom is -0.438 e. The van der Waals surface area contributed by atoms with E-state index in [1.807, 2.05) is 0 Å².